The third-order valence-electron chi connectivity index (χ3n) is 4.69. The second kappa shape index (κ2) is 9.34. The monoisotopic (exact) mass is 409 g/mol. The summed E-state index contributed by atoms with van der Waals surface area (Å²) in [5.74, 6) is -1.49. The largest absolute Gasteiger partial charge is 0.508 e. The molecule has 0 saturated heterocycles. The van der Waals surface area contributed by atoms with Gasteiger partial charge in [0.2, 0.25) is 0 Å². The van der Waals surface area contributed by atoms with Gasteiger partial charge in [-0.1, -0.05) is 18.2 Å². The maximum atomic E-state index is 12.8. The molecule has 1 aromatic heterocycles. The second-order valence-corrected chi connectivity index (χ2v) is 6.91. The number of rotatable bonds is 8. The molecule has 3 aromatic rings. The first-order valence-electron chi connectivity index (χ1n) is 9.36. The number of nitrogens with one attached hydrogen (secondary N) is 1. The quantitative estimate of drug-likeness (QED) is 0.447. The van der Waals surface area contributed by atoms with Crippen molar-refractivity contribution in [1.29, 1.82) is 0 Å². The van der Waals surface area contributed by atoms with Crippen molar-refractivity contribution in [2.45, 2.75) is 19.0 Å². The molecule has 5 N–H and O–H groups in total. The summed E-state index contributed by atoms with van der Waals surface area (Å²) in [5.41, 5.74) is 7.72. The Bertz CT molecular complexity index is 1070. The molecule has 0 fully saturated rings. The van der Waals surface area contributed by atoms with Crippen LogP contribution in [0.4, 0.5) is 0 Å². The number of phenolic OH excluding ortho intramolecular Hbond substituents is 1. The first kappa shape index (κ1) is 21.2. The van der Waals surface area contributed by atoms with Crippen molar-refractivity contribution in [3.63, 3.8) is 0 Å². The van der Waals surface area contributed by atoms with Crippen LogP contribution in [-0.4, -0.2) is 46.8 Å². The van der Waals surface area contributed by atoms with Gasteiger partial charge in [-0.15, -0.1) is 0 Å². The minimum atomic E-state index is -1.15. The van der Waals surface area contributed by atoms with E-state index in [1.165, 1.54) is 13.2 Å². The van der Waals surface area contributed by atoms with Crippen molar-refractivity contribution >= 4 is 22.8 Å². The van der Waals surface area contributed by atoms with Gasteiger partial charge in [0.1, 0.15) is 11.4 Å². The zero-order valence-corrected chi connectivity index (χ0v) is 16.5. The van der Waals surface area contributed by atoms with E-state index >= 15 is 0 Å². The number of carboxylic acid groups (broad SMARTS) is 1. The topological polar surface area (TPSA) is 135 Å². The fraction of sp³-hybridized carbons (Fsp3) is 0.227. The number of benzene rings is 2. The Morgan fingerprint density at radius 1 is 1.13 bits per heavy atom. The predicted octanol–water partition coefficient (Wildman–Crippen LogP) is 2.08. The molecule has 30 heavy (non-hydrogen) atoms. The van der Waals surface area contributed by atoms with Gasteiger partial charge >= 0.3 is 5.97 Å². The average Bonchev–Trinajstić information content (AvgIpc) is 2.74. The number of nitrogens with two attached hydrogens (primary N) is 1. The number of carbonyl (C=O) groups excluding carboxylic acids is 1. The third-order valence-corrected chi connectivity index (χ3v) is 4.69. The molecule has 0 aliphatic heterocycles. The van der Waals surface area contributed by atoms with Crippen LogP contribution in [-0.2, 0) is 17.7 Å². The van der Waals surface area contributed by atoms with Crippen molar-refractivity contribution in [3.8, 4) is 5.75 Å². The van der Waals surface area contributed by atoms with Gasteiger partial charge in [0.15, 0.2) is 0 Å². The maximum absolute atomic E-state index is 12.8. The summed E-state index contributed by atoms with van der Waals surface area (Å²) < 4.78 is 5.20. The van der Waals surface area contributed by atoms with Gasteiger partial charge in [0, 0.05) is 19.0 Å². The zero-order valence-electron chi connectivity index (χ0n) is 16.5. The van der Waals surface area contributed by atoms with Crippen LogP contribution in [0, 0.1) is 0 Å². The maximum Gasteiger partial charge on any atom is 0.336 e. The van der Waals surface area contributed by atoms with Gasteiger partial charge < -0.3 is 26.0 Å². The highest BCUT2D eigenvalue weighted by Gasteiger charge is 2.19. The van der Waals surface area contributed by atoms with Crippen LogP contribution in [0.25, 0.3) is 10.9 Å². The summed E-state index contributed by atoms with van der Waals surface area (Å²) >= 11 is 0. The van der Waals surface area contributed by atoms with Crippen molar-refractivity contribution < 1.29 is 24.5 Å². The third kappa shape index (κ3) is 4.91. The van der Waals surface area contributed by atoms with Crippen LogP contribution < -0.4 is 11.1 Å². The highest BCUT2D eigenvalue weighted by atomic mass is 16.5. The van der Waals surface area contributed by atoms with Crippen molar-refractivity contribution in [1.82, 2.24) is 10.3 Å². The number of phenols is 1. The van der Waals surface area contributed by atoms with E-state index in [1.807, 2.05) is 0 Å². The SMILES string of the molecule is COC[C@H](Cc1ccc(O)cc1)NC(=O)c1cc(C(=O)O)c2cc(CN)ccc2n1. The summed E-state index contributed by atoms with van der Waals surface area (Å²) in [7, 11) is 1.53. The molecule has 0 bridgehead atoms. The normalized spacial score (nSPS) is 11.9. The number of hydrogen-bond donors (Lipinski definition) is 4. The molecule has 0 saturated carbocycles. The number of hydrogen-bond acceptors (Lipinski definition) is 6. The molecule has 1 heterocycles. The van der Waals surface area contributed by atoms with Gasteiger partial charge in [-0.3, -0.25) is 4.79 Å². The fourth-order valence-electron chi connectivity index (χ4n) is 3.22. The lowest BCUT2D eigenvalue weighted by atomic mass is 10.0. The minimum Gasteiger partial charge on any atom is -0.508 e. The lowest BCUT2D eigenvalue weighted by Crippen LogP contribution is -2.40. The minimum absolute atomic E-state index is 0.00667. The summed E-state index contributed by atoms with van der Waals surface area (Å²) in [6, 6.07) is 12.6. The zero-order chi connectivity index (χ0) is 21.7. The molecule has 8 nitrogen and oxygen atoms in total. The van der Waals surface area contributed by atoms with Crippen LogP contribution in [0.3, 0.4) is 0 Å². The molecular formula is C22H23N3O5. The van der Waals surface area contributed by atoms with Crippen LogP contribution >= 0.6 is 0 Å². The Kier molecular flexibility index (Phi) is 6.61. The summed E-state index contributed by atoms with van der Waals surface area (Å²) in [4.78, 5) is 28.9. The smallest absolute Gasteiger partial charge is 0.336 e. The van der Waals surface area contributed by atoms with Crippen molar-refractivity contribution in [2.75, 3.05) is 13.7 Å². The Morgan fingerprint density at radius 3 is 2.47 bits per heavy atom. The molecule has 2 aromatic carbocycles. The molecule has 8 heteroatoms. The Morgan fingerprint density at radius 2 is 1.83 bits per heavy atom. The molecule has 0 radical (unpaired) electrons. The highest BCUT2D eigenvalue weighted by Crippen LogP contribution is 2.21. The summed E-state index contributed by atoms with van der Waals surface area (Å²) in [5, 5.41) is 22.3. The van der Waals surface area contributed by atoms with E-state index in [0.717, 1.165) is 11.1 Å². The van der Waals surface area contributed by atoms with Crippen LogP contribution in [0.1, 0.15) is 32.0 Å². The van der Waals surface area contributed by atoms with E-state index in [2.05, 4.69) is 10.3 Å². The van der Waals surface area contributed by atoms with E-state index in [-0.39, 0.29) is 36.2 Å². The standard InChI is InChI=1S/C22H23N3O5/c1-30-12-15(8-13-2-5-16(26)6-3-13)24-21(27)20-10-18(22(28)29)17-9-14(11-23)4-7-19(17)25-20/h2-7,9-10,15,26H,8,11-12,23H2,1H3,(H,24,27)(H,28,29)/t15-/m0/s1. The van der Waals surface area contributed by atoms with Gasteiger partial charge in [0.25, 0.3) is 5.91 Å². The Balaban J connectivity index is 1.88. The Hall–Kier alpha value is -3.49. The first-order valence-corrected chi connectivity index (χ1v) is 9.36. The number of methoxy groups -OCH3 is 1. The van der Waals surface area contributed by atoms with E-state index < -0.39 is 11.9 Å². The number of aromatic nitrogens is 1. The highest BCUT2D eigenvalue weighted by molar-refractivity contribution is 6.06. The van der Waals surface area contributed by atoms with Crippen LogP contribution in [0.5, 0.6) is 5.75 Å². The molecule has 156 valence electrons. The van der Waals surface area contributed by atoms with Crippen molar-refractivity contribution in [2.24, 2.45) is 5.73 Å². The number of carbonyl (C=O) groups is 2. The van der Waals surface area contributed by atoms with Crippen LogP contribution in [0.15, 0.2) is 48.5 Å². The summed E-state index contributed by atoms with van der Waals surface area (Å²) in [6.07, 6.45) is 0.471. The molecule has 0 aliphatic carbocycles. The number of amides is 1. The Labute approximate surface area is 173 Å². The van der Waals surface area contributed by atoms with Gasteiger partial charge in [-0.2, -0.15) is 0 Å². The molecule has 0 aliphatic rings. The number of ether oxygens (including phenoxy) is 1. The van der Waals surface area contributed by atoms with Gasteiger partial charge in [0.05, 0.1) is 23.7 Å². The number of aromatic carboxylic acids is 1. The molecule has 0 spiro atoms. The second-order valence-electron chi connectivity index (χ2n) is 6.91. The molecule has 1 amide bonds. The number of fused-ring (bicyclic) bond motifs is 1. The van der Waals surface area contributed by atoms with E-state index in [4.69, 9.17) is 10.5 Å². The molecule has 3 rings (SSSR count). The number of carboxylic acids is 1. The first-order chi connectivity index (χ1) is 14.4. The molecule has 0 unspecified atom stereocenters. The number of pyridine rings is 1. The van der Waals surface area contributed by atoms with E-state index in [0.29, 0.717) is 17.3 Å². The fourth-order valence-corrected chi connectivity index (χ4v) is 3.22. The molecule has 1 atom stereocenters. The van der Waals surface area contributed by atoms with E-state index in [1.54, 1.807) is 42.5 Å². The summed E-state index contributed by atoms with van der Waals surface area (Å²) in [6.45, 7) is 0.527. The lowest BCUT2D eigenvalue weighted by molar-refractivity contribution is 0.0699. The lowest BCUT2D eigenvalue weighted by Gasteiger charge is -2.18. The van der Waals surface area contributed by atoms with Gasteiger partial charge in [-0.25, -0.2) is 9.78 Å². The number of nitrogens with zero attached hydrogens (tertiary/aromatic N) is 1. The van der Waals surface area contributed by atoms with Crippen LogP contribution in [0.2, 0.25) is 0 Å². The van der Waals surface area contributed by atoms with Gasteiger partial charge in [-0.05, 0) is 47.9 Å². The van der Waals surface area contributed by atoms with Crippen molar-refractivity contribution in [3.05, 3.63) is 70.9 Å². The molecular weight excluding hydrogens is 386 g/mol. The average molecular weight is 409 g/mol. The van der Waals surface area contributed by atoms with E-state index in [9.17, 15) is 19.8 Å². The number of aromatic hydroxyl groups is 1. The predicted molar refractivity (Wildman–Crippen MR) is 112 cm³/mol.